The molecular formula is C52H35N3S. The van der Waals surface area contributed by atoms with Crippen molar-refractivity contribution >= 4 is 98.2 Å². The summed E-state index contributed by atoms with van der Waals surface area (Å²) in [5.74, 6) is 0. The van der Waals surface area contributed by atoms with Crippen molar-refractivity contribution in [3.05, 3.63) is 212 Å². The van der Waals surface area contributed by atoms with E-state index < -0.39 is 0 Å². The molecule has 11 rings (SSSR count). The molecule has 0 amide bonds. The van der Waals surface area contributed by atoms with Gasteiger partial charge in [0.25, 0.3) is 0 Å². The van der Waals surface area contributed by atoms with Crippen LogP contribution in [0.5, 0.6) is 0 Å². The lowest BCUT2D eigenvalue weighted by molar-refractivity contribution is 1.18. The van der Waals surface area contributed by atoms with E-state index in [1.54, 1.807) is 0 Å². The van der Waals surface area contributed by atoms with Crippen LogP contribution in [0.2, 0.25) is 0 Å². The fraction of sp³-hybridized carbons (Fsp3) is 0. The third kappa shape index (κ3) is 5.26. The highest BCUT2D eigenvalue weighted by Crippen LogP contribution is 2.48. The van der Waals surface area contributed by atoms with Gasteiger partial charge in [0.1, 0.15) is 0 Å². The Balaban J connectivity index is 1.26. The molecule has 4 heteroatoms. The van der Waals surface area contributed by atoms with Crippen molar-refractivity contribution in [3.63, 3.8) is 0 Å². The van der Waals surface area contributed by atoms with Crippen molar-refractivity contribution < 1.29 is 0 Å². The first-order valence-corrected chi connectivity index (χ1v) is 19.8. The Morgan fingerprint density at radius 1 is 0.339 bits per heavy atom. The van der Waals surface area contributed by atoms with Crippen molar-refractivity contribution in [2.24, 2.45) is 0 Å². The van der Waals surface area contributed by atoms with Gasteiger partial charge in [-0.3, -0.25) is 0 Å². The molecular weight excluding hydrogens is 699 g/mol. The Bertz CT molecular complexity index is 3110. The van der Waals surface area contributed by atoms with Gasteiger partial charge in [0.05, 0.1) is 22.4 Å². The Labute approximate surface area is 329 Å². The van der Waals surface area contributed by atoms with E-state index in [1.165, 1.54) is 47.2 Å². The van der Waals surface area contributed by atoms with Gasteiger partial charge in [-0.1, -0.05) is 127 Å². The molecule has 0 radical (unpaired) electrons. The molecule has 0 aliphatic heterocycles. The van der Waals surface area contributed by atoms with Crippen LogP contribution in [0.3, 0.4) is 0 Å². The molecule has 0 N–H and O–H groups in total. The number of hydrogen-bond acceptors (Lipinski definition) is 3. The molecule has 0 saturated carbocycles. The van der Waals surface area contributed by atoms with Crippen LogP contribution in [0.1, 0.15) is 0 Å². The van der Waals surface area contributed by atoms with Gasteiger partial charge in [-0.2, -0.15) is 0 Å². The van der Waals surface area contributed by atoms with Gasteiger partial charge in [0, 0.05) is 59.4 Å². The lowest BCUT2D eigenvalue weighted by atomic mass is 10.0. The molecule has 0 saturated heterocycles. The van der Waals surface area contributed by atoms with Gasteiger partial charge in [0.15, 0.2) is 0 Å². The quantitative estimate of drug-likeness (QED) is 0.162. The molecule has 56 heavy (non-hydrogen) atoms. The van der Waals surface area contributed by atoms with Crippen LogP contribution in [0.4, 0.5) is 34.1 Å². The van der Waals surface area contributed by atoms with Crippen molar-refractivity contribution in [2.75, 3.05) is 9.80 Å². The SMILES string of the molecule is c1ccc(N(c2ccccc2)c2cc(N(c3ccccc3)c3ccccc3)c3c4ccccc4n(-c4ccc5c(c4)sc4ccc6ccccc6c45)c3c2)cc1. The predicted molar refractivity (Wildman–Crippen MR) is 241 cm³/mol. The van der Waals surface area contributed by atoms with Gasteiger partial charge in [-0.05, 0) is 95.7 Å². The smallest absolute Gasteiger partial charge is 0.0583 e. The largest absolute Gasteiger partial charge is 0.310 e. The molecule has 0 fully saturated rings. The standard InChI is InChI=1S/C52H35N3S/c1-5-18-37(19-6-1)53(38-20-7-2-8-21-38)42-33-47(54(39-22-9-3-10-23-39)40-24-11-4-12-25-40)52-44-27-15-16-28-46(44)55(48(52)34-42)41-30-31-45-50(35-41)56-49-32-29-36-17-13-14-26-43(36)51(45)49/h1-35H. The topological polar surface area (TPSA) is 11.4 Å². The number of anilines is 6. The fourth-order valence-corrected chi connectivity index (χ4v) is 9.65. The third-order valence-corrected chi connectivity index (χ3v) is 12.0. The Kier molecular flexibility index (Phi) is 7.68. The molecule has 0 spiro atoms. The van der Waals surface area contributed by atoms with E-state index in [9.17, 15) is 0 Å². The Hall–Kier alpha value is -7.14. The van der Waals surface area contributed by atoms with Gasteiger partial charge in [-0.25, -0.2) is 0 Å². The van der Waals surface area contributed by atoms with Gasteiger partial charge < -0.3 is 14.4 Å². The first-order chi connectivity index (χ1) is 27.8. The molecule has 2 heterocycles. The number of para-hydroxylation sites is 5. The zero-order valence-corrected chi connectivity index (χ0v) is 31.3. The molecule has 11 aromatic rings. The summed E-state index contributed by atoms with van der Waals surface area (Å²) < 4.78 is 5.06. The maximum absolute atomic E-state index is 2.47. The summed E-state index contributed by atoms with van der Waals surface area (Å²) >= 11 is 1.87. The Morgan fingerprint density at radius 2 is 0.893 bits per heavy atom. The fourth-order valence-electron chi connectivity index (χ4n) is 8.50. The highest BCUT2D eigenvalue weighted by Gasteiger charge is 2.25. The van der Waals surface area contributed by atoms with Crippen molar-refractivity contribution in [2.45, 2.75) is 0 Å². The van der Waals surface area contributed by atoms with Crippen LogP contribution in [0, 0.1) is 0 Å². The summed E-state index contributed by atoms with van der Waals surface area (Å²) in [4.78, 5) is 4.79. The summed E-state index contributed by atoms with van der Waals surface area (Å²) in [5.41, 5.74) is 10.00. The van der Waals surface area contributed by atoms with Gasteiger partial charge in [0.2, 0.25) is 0 Å². The minimum atomic E-state index is 1.07. The number of benzene rings is 9. The molecule has 2 aromatic heterocycles. The first kappa shape index (κ1) is 32.3. The minimum Gasteiger partial charge on any atom is -0.310 e. The van der Waals surface area contributed by atoms with Crippen LogP contribution >= 0.6 is 11.3 Å². The summed E-state index contributed by atoms with van der Waals surface area (Å²) in [6.45, 7) is 0. The van der Waals surface area contributed by atoms with Crippen molar-refractivity contribution in [1.82, 2.24) is 4.57 Å². The van der Waals surface area contributed by atoms with E-state index in [0.29, 0.717) is 0 Å². The lowest BCUT2D eigenvalue weighted by Crippen LogP contribution is -2.14. The monoisotopic (exact) mass is 733 g/mol. The molecule has 0 unspecified atom stereocenters. The maximum atomic E-state index is 2.47. The molecule has 0 atom stereocenters. The van der Waals surface area contributed by atoms with Crippen molar-refractivity contribution in [1.29, 1.82) is 0 Å². The van der Waals surface area contributed by atoms with Gasteiger partial charge >= 0.3 is 0 Å². The summed E-state index contributed by atoms with van der Waals surface area (Å²) in [6.07, 6.45) is 0. The van der Waals surface area contributed by atoms with Crippen LogP contribution < -0.4 is 9.80 Å². The van der Waals surface area contributed by atoms with E-state index in [-0.39, 0.29) is 0 Å². The highest BCUT2D eigenvalue weighted by atomic mass is 32.1. The molecule has 0 aliphatic carbocycles. The van der Waals surface area contributed by atoms with Crippen LogP contribution in [0.25, 0.3) is 58.4 Å². The molecule has 9 aromatic carbocycles. The first-order valence-electron chi connectivity index (χ1n) is 19.0. The average molecular weight is 734 g/mol. The summed E-state index contributed by atoms with van der Waals surface area (Å²) in [7, 11) is 0. The molecule has 3 nitrogen and oxygen atoms in total. The van der Waals surface area contributed by atoms with Crippen LogP contribution in [-0.2, 0) is 0 Å². The van der Waals surface area contributed by atoms with Crippen LogP contribution in [0.15, 0.2) is 212 Å². The number of fused-ring (bicyclic) bond motifs is 8. The van der Waals surface area contributed by atoms with Crippen molar-refractivity contribution in [3.8, 4) is 5.69 Å². The second kappa shape index (κ2) is 13.3. The van der Waals surface area contributed by atoms with E-state index in [0.717, 1.165) is 45.3 Å². The number of thiophene rings is 1. The van der Waals surface area contributed by atoms with E-state index >= 15 is 0 Å². The van der Waals surface area contributed by atoms with Gasteiger partial charge in [-0.15, -0.1) is 11.3 Å². The second-order valence-electron chi connectivity index (χ2n) is 14.2. The van der Waals surface area contributed by atoms with Crippen LogP contribution in [-0.4, -0.2) is 4.57 Å². The maximum Gasteiger partial charge on any atom is 0.0583 e. The zero-order chi connectivity index (χ0) is 37.0. The minimum absolute atomic E-state index is 1.07. The number of hydrogen-bond donors (Lipinski definition) is 0. The normalized spacial score (nSPS) is 11.6. The van der Waals surface area contributed by atoms with E-state index in [4.69, 9.17) is 0 Å². The lowest BCUT2D eigenvalue weighted by Gasteiger charge is -2.30. The molecule has 0 bridgehead atoms. The molecule has 0 aliphatic rings. The summed E-state index contributed by atoms with van der Waals surface area (Å²) in [5, 5.41) is 7.61. The van der Waals surface area contributed by atoms with E-state index in [2.05, 4.69) is 227 Å². The highest BCUT2D eigenvalue weighted by molar-refractivity contribution is 7.26. The zero-order valence-electron chi connectivity index (χ0n) is 30.5. The number of rotatable bonds is 7. The number of nitrogens with zero attached hydrogens (tertiary/aromatic N) is 3. The number of aromatic nitrogens is 1. The average Bonchev–Trinajstić information content (AvgIpc) is 3.81. The Morgan fingerprint density at radius 3 is 1.54 bits per heavy atom. The third-order valence-electron chi connectivity index (χ3n) is 10.9. The van der Waals surface area contributed by atoms with E-state index in [1.807, 2.05) is 11.3 Å². The molecule has 264 valence electrons. The predicted octanol–water partition coefficient (Wildman–Crippen LogP) is 15.2. The second-order valence-corrected chi connectivity index (χ2v) is 15.3. The summed E-state index contributed by atoms with van der Waals surface area (Å²) in [6, 6.07) is 76.8.